The molecule has 3 aromatic rings. The topological polar surface area (TPSA) is 95.8 Å². The predicted molar refractivity (Wildman–Crippen MR) is 120 cm³/mol. The second kappa shape index (κ2) is 8.41. The molecule has 29 heavy (non-hydrogen) atoms. The van der Waals surface area contributed by atoms with E-state index in [1.807, 2.05) is 18.2 Å². The van der Waals surface area contributed by atoms with Gasteiger partial charge in [-0.15, -0.1) is 5.54 Å². The van der Waals surface area contributed by atoms with E-state index in [1.54, 1.807) is 7.05 Å². The summed E-state index contributed by atoms with van der Waals surface area (Å²) in [5, 5.41) is 20.0. The third kappa shape index (κ3) is 4.53. The van der Waals surface area contributed by atoms with Gasteiger partial charge in [0, 0.05) is 31.3 Å². The fraction of sp³-hybridized carbons (Fsp3) is 0.350. The first-order valence-corrected chi connectivity index (χ1v) is 13.2. The Morgan fingerprint density at radius 2 is 2.10 bits per heavy atom. The number of nitrogens with zero attached hydrogens (tertiary/aromatic N) is 3. The van der Waals surface area contributed by atoms with Crippen LogP contribution in [0.25, 0.3) is 22.3 Å². The normalized spacial score (nSPS) is 11.4. The molecule has 0 unspecified atom stereocenters. The fourth-order valence-electron chi connectivity index (χ4n) is 2.76. The van der Waals surface area contributed by atoms with Gasteiger partial charge in [-0.05, 0) is 12.5 Å². The van der Waals surface area contributed by atoms with E-state index in [4.69, 9.17) is 16.7 Å². The maximum atomic E-state index is 13.0. The van der Waals surface area contributed by atoms with Gasteiger partial charge in [0.2, 0.25) is 5.95 Å². The highest BCUT2D eigenvalue weighted by atomic mass is 35.5. The Morgan fingerprint density at radius 3 is 2.79 bits per heavy atom. The van der Waals surface area contributed by atoms with Crippen LogP contribution in [0.3, 0.4) is 0 Å². The maximum Gasteiger partial charge on any atom is 0.266 e. The van der Waals surface area contributed by atoms with Gasteiger partial charge in [-0.2, -0.15) is 10.1 Å². The highest BCUT2D eigenvalue weighted by molar-refractivity contribution is 6.83. The highest BCUT2D eigenvalue weighted by Crippen LogP contribution is 2.32. The van der Waals surface area contributed by atoms with Crippen molar-refractivity contribution in [2.75, 3.05) is 18.5 Å². The number of aromatic amines is 1. The van der Waals surface area contributed by atoms with Crippen molar-refractivity contribution in [3.8, 4) is 22.7 Å². The average Bonchev–Trinajstić information content (AvgIpc) is 3.08. The molecule has 152 valence electrons. The second-order valence-electron chi connectivity index (χ2n) is 7.77. The summed E-state index contributed by atoms with van der Waals surface area (Å²) in [7, 11) is 0.0887. The molecule has 0 aliphatic carbocycles. The Hall–Kier alpha value is -2.60. The molecule has 0 bridgehead atoms. The van der Waals surface area contributed by atoms with Crippen LogP contribution < -0.4 is 10.9 Å². The van der Waals surface area contributed by atoms with Crippen LogP contribution in [0.4, 0.5) is 5.95 Å². The molecule has 0 aliphatic heterocycles. The molecule has 3 N–H and O–H groups in total. The molecule has 7 nitrogen and oxygen atoms in total. The summed E-state index contributed by atoms with van der Waals surface area (Å²) in [4.78, 5) is 17.5. The van der Waals surface area contributed by atoms with Crippen LogP contribution in [0, 0.1) is 11.5 Å². The number of halogens is 1. The van der Waals surface area contributed by atoms with Crippen LogP contribution in [0.15, 0.2) is 23.0 Å². The van der Waals surface area contributed by atoms with Gasteiger partial charge in [0.15, 0.2) is 5.65 Å². The molecule has 0 spiro atoms. The molecule has 0 saturated carbocycles. The first-order valence-electron chi connectivity index (χ1n) is 9.35. The molecule has 0 saturated heterocycles. The SMILES string of the molecule is Cn1c(NCCCO)nc2[nH]nc(-c3cccc(C#C[Si](C)(C)C)c3Cl)c2c1=O. The minimum absolute atomic E-state index is 0.0623. The zero-order chi connectivity index (χ0) is 21.2. The van der Waals surface area contributed by atoms with E-state index in [0.29, 0.717) is 46.2 Å². The Balaban J connectivity index is 2.11. The Kier molecular flexibility index (Phi) is 6.12. The lowest BCUT2D eigenvalue weighted by atomic mass is 10.1. The lowest BCUT2D eigenvalue weighted by Gasteiger charge is -2.10. The number of anilines is 1. The zero-order valence-corrected chi connectivity index (χ0v) is 18.7. The first-order chi connectivity index (χ1) is 13.7. The average molecular weight is 430 g/mol. The summed E-state index contributed by atoms with van der Waals surface area (Å²) >= 11 is 6.63. The van der Waals surface area contributed by atoms with Crippen LogP contribution >= 0.6 is 11.6 Å². The summed E-state index contributed by atoms with van der Waals surface area (Å²) in [5.41, 5.74) is 5.27. The summed E-state index contributed by atoms with van der Waals surface area (Å²) < 4.78 is 1.43. The van der Waals surface area contributed by atoms with Crippen LogP contribution in [0.1, 0.15) is 12.0 Å². The number of hydrogen-bond donors (Lipinski definition) is 3. The van der Waals surface area contributed by atoms with E-state index in [1.165, 1.54) is 4.57 Å². The standard InChI is InChI=1S/C20H24ClN5O2Si/c1-26-19(28)15-17(24-25-18(15)23-20(26)22-10-6-11-27)14-8-5-7-13(16(14)21)9-12-29(2,3)4/h5,7-8,27H,6,10-11H2,1-4H3,(H2,22,23,24,25). The number of H-pyrrole nitrogens is 1. The summed E-state index contributed by atoms with van der Waals surface area (Å²) in [6.45, 7) is 7.07. The number of benzene rings is 1. The molecule has 3 rings (SSSR count). The number of aliphatic hydroxyl groups excluding tert-OH is 1. The van der Waals surface area contributed by atoms with Gasteiger partial charge in [0.05, 0.1) is 5.02 Å². The minimum Gasteiger partial charge on any atom is -0.396 e. The molecule has 2 heterocycles. The molecule has 0 fully saturated rings. The van der Waals surface area contributed by atoms with Crippen molar-refractivity contribution in [2.24, 2.45) is 7.05 Å². The minimum atomic E-state index is -1.55. The van der Waals surface area contributed by atoms with Gasteiger partial charge in [0.25, 0.3) is 5.56 Å². The number of aromatic nitrogens is 4. The number of aliphatic hydroxyl groups is 1. The molecular formula is C20H24ClN5O2Si. The van der Waals surface area contributed by atoms with E-state index in [0.717, 1.165) is 5.56 Å². The lowest BCUT2D eigenvalue weighted by Crippen LogP contribution is -2.23. The highest BCUT2D eigenvalue weighted by Gasteiger charge is 2.19. The zero-order valence-electron chi connectivity index (χ0n) is 16.9. The monoisotopic (exact) mass is 429 g/mol. The molecule has 2 aromatic heterocycles. The fourth-order valence-corrected chi connectivity index (χ4v) is 3.53. The molecule has 0 atom stereocenters. The van der Waals surface area contributed by atoms with Gasteiger partial charge < -0.3 is 10.4 Å². The smallest absolute Gasteiger partial charge is 0.266 e. The Labute approximate surface area is 175 Å². The van der Waals surface area contributed by atoms with E-state index in [2.05, 4.69) is 51.6 Å². The molecular weight excluding hydrogens is 406 g/mol. The van der Waals surface area contributed by atoms with Crippen molar-refractivity contribution < 1.29 is 5.11 Å². The van der Waals surface area contributed by atoms with E-state index >= 15 is 0 Å². The second-order valence-corrected chi connectivity index (χ2v) is 12.9. The number of rotatable bonds is 5. The summed E-state index contributed by atoms with van der Waals surface area (Å²) in [5.74, 6) is 3.59. The molecule has 9 heteroatoms. The van der Waals surface area contributed by atoms with E-state index < -0.39 is 8.07 Å². The molecule has 0 radical (unpaired) electrons. The first kappa shape index (κ1) is 21.1. The van der Waals surface area contributed by atoms with Gasteiger partial charge in [-0.25, -0.2) is 0 Å². The van der Waals surface area contributed by atoms with Crippen molar-refractivity contribution in [2.45, 2.75) is 26.1 Å². The quantitative estimate of drug-likeness (QED) is 0.329. The van der Waals surface area contributed by atoms with Crippen molar-refractivity contribution >= 4 is 36.7 Å². The molecule has 0 aliphatic rings. The van der Waals surface area contributed by atoms with E-state index in [9.17, 15) is 4.79 Å². The van der Waals surface area contributed by atoms with Gasteiger partial charge in [0.1, 0.15) is 19.2 Å². The predicted octanol–water partition coefficient (Wildman–Crippen LogP) is 3.00. The lowest BCUT2D eigenvalue weighted by molar-refractivity contribution is 0.292. The van der Waals surface area contributed by atoms with Gasteiger partial charge >= 0.3 is 0 Å². The number of fused-ring (bicyclic) bond motifs is 1. The largest absolute Gasteiger partial charge is 0.396 e. The van der Waals surface area contributed by atoms with Gasteiger partial charge in [-0.1, -0.05) is 49.3 Å². The third-order valence-electron chi connectivity index (χ3n) is 4.25. The van der Waals surface area contributed by atoms with Crippen molar-refractivity contribution in [3.05, 3.63) is 39.1 Å². The van der Waals surface area contributed by atoms with Crippen LogP contribution in [0.2, 0.25) is 24.7 Å². The molecule has 1 aromatic carbocycles. The maximum absolute atomic E-state index is 13.0. The summed E-state index contributed by atoms with van der Waals surface area (Å²) in [6.07, 6.45) is 0.559. The molecule has 0 amide bonds. The van der Waals surface area contributed by atoms with Crippen molar-refractivity contribution in [1.82, 2.24) is 19.7 Å². The van der Waals surface area contributed by atoms with E-state index in [-0.39, 0.29) is 12.2 Å². The number of hydrogen-bond acceptors (Lipinski definition) is 5. The number of nitrogens with one attached hydrogen (secondary N) is 2. The summed E-state index contributed by atoms with van der Waals surface area (Å²) in [6, 6.07) is 5.55. The Morgan fingerprint density at radius 1 is 1.34 bits per heavy atom. The Bertz CT molecular complexity index is 1170. The van der Waals surface area contributed by atoms with Crippen molar-refractivity contribution in [1.29, 1.82) is 0 Å². The van der Waals surface area contributed by atoms with Crippen LogP contribution in [-0.2, 0) is 7.05 Å². The van der Waals surface area contributed by atoms with Crippen LogP contribution in [0.5, 0.6) is 0 Å². The van der Waals surface area contributed by atoms with Crippen molar-refractivity contribution in [3.63, 3.8) is 0 Å². The van der Waals surface area contributed by atoms with Gasteiger partial charge in [-0.3, -0.25) is 14.5 Å². The third-order valence-corrected chi connectivity index (χ3v) is 5.53. The van der Waals surface area contributed by atoms with Crippen LogP contribution in [-0.4, -0.2) is 46.1 Å².